The van der Waals surface area contributed by atoms with Crippen molar-refractivity contribution in [3.05, 3.63) is 12.2 Å². The zero-order valence-corrected chi connectivity index (χ0v) is 10.8. The fraction of sp³-hybridized carbons (Fsp3) is 0.769. The van der Waals surface area contributed by atoms with Crippen molar-refractivity contribution in [3.8, 4) is 0 Å². The summed E-state index contributed by atoms with van der Waals surface area (Å²) >= 11 is 0. The first kappa shape index (κ1) is 15.2. The van der Waals surface area contributed by atoms with Crippen LogP contribution in [0.4, 0.5) is 0 Å². The third-order valence-electron chi connectivity index (χ3n) is 2.14. The number of hydrogen-bond donors (Lipinski definition) is 0. The minimum atomic E-state index is -0.407. The van der Waals surface area contributed by atoms with E-state index in [0.29, 0.717) is 12.2 Å². The van der Waals surface area contributed by atoms with Gasteiger partial charge in [-0.3, -0.25) is 0 Å². The van der Waals surface area contributed by atoms with Crippen molar-refractivity contribution in [3.63, 3.8) is 0 Å². The van der Waals surface area contributed by atoms with Gasteiger partial charge in [0.15, 0.2) is 0 Å². The van der Waals surface area contributed by atoms with Crippen LogP contribution in [0, 0.1) is 0 Å². The van der Waals surface area contributed by atoms with Gasteiger partial charge in [-0.15, -0.1) is 0 Å². The summed E-state index contributed by atoms with van der Waals surface area (Å²) in [4.78, 5) is 11.3. The molecular weight excluding hydrogens is 204 g/mol. The Hall–Kier alpha value is -0.830. The maximum Gasteiger partial charge on any atom is 0.335 e. The quantitative estimate of drug-likeness (QED) is 0.262. The molecule has 0 aromatic rings. The summed E-state index contributed by atoms with van der Waals surface area (Å²) in [6.45, 7) is 10.00. The number of esters is 1. The molecule has 0 heterocycles. The predicted octanol–water partition coefficient (Wildman–Crippen LogP) is 3.44. The second-order valence-electron chi connectivity index (χ2n) is 3.98. The summed E-state index contributed by atoms with van der Waals surface area (Å²) in [5.41, 5.74) is 0.417. The lowest BCUT2D eigenvalue weighted by molar-refractivity contribution is -0.175. The Balaban J connectivity index is 3.98. The molecule has 0 saturated carbocycles. The number of carbonyl (C=O) groups is 1. The smallest absolute Gasteiger partial charge is 0.335 e. The lowest BCUT2D eigenvalue weighted by Gasteiger charge is -2.18. The van der Waals surface area contributed by atoms with Gasteiger partial charge >= 0.3 is 5.97 Å². The van der Waals surface area contributed by atoms with E-state index >= 15 is 0 Å². The molecule has 0 aliphatic heterocycles. The standard InChI is InChI=1S/C13H24O3/c1-5-7-8-9-12(15-10-6-2)16-13(14)11(3)4/h12H,3,5-10H2,1-2,4H3. The van der Waals surface area contributed by atoms with Crippen LogP contribution in [0.3, 0.4) is 0 Å². The highest BCUT2D eigenvalue weighted by Gasteiger charge is 2.14. The van der Waals surface area contributed by atoms with Gasteiger partial charge in [0, 0.05) is 12.0 Å². The summed E-state index contributed by atoms with van der Waals surface area (Å²) in [5, 5.41) is 0. The first-order chi connectivity index (χ1) is 7.61. The molecule has 16 heavy (non-hydrogen) atoms. The molecule has 0 aliphatic rings. The van der Waals surface area contributed by atoms with E-state index in [4.69, 9.17) is 9.47 Å². The number of unbranched alkanes of at least 4 members (excludes halogenated alkanes) is 2. The molecule has 0 rings (SSSR count). The third-order valence-corrected chi connectivity index (χ3v) is 2.14. The molecule has 0 N–H and O–H groups in total. The van der Waals surface area contributed by atoms with E-state index in [1.807, 2.05) is 6.92 Å². The molecular formula is C13H24O3. The van der Waals surface area contributed by atoms with Crippen molar-refractivity contribution < 1.29 is 14.3 Å². The van der Waals surface area contributed by atoms with Crippen LogP contribution in [-0.4, -0.2) is 18.9 Å². The summed E-state index contributed by atoms with van der Waals surface area (Å²) in [6, 6.07) is 0. The average Bonchev–Trinajstić information content (AvgIpc) is 2.25. The van der Waals surface area contributed by atoms with Gasteiger partial charge in [0.1, 0.15) is 0 Å². The van der Waals surface area contributed by atoms with Gasteiger partial charge in [-0.1, -0.05) is 33.3 Å². The van der Waals surface area contributed by atoms with Gasteiger partial charge in [0.25, 0.3) is 0 Å². The highest BCUT2D eigenvalue weighted by molar-refractivity contribution is 5.86. The van der Waals surface area contributed by atoms with Crippen molar-refractivity contribution in [1.82, 2.24) is 0 Å². The molecule has 1 unspecified atom stereocenters. The Morgan fingerprint density at radius 1 is 1.25 bits per heavy atom. The van der Waals surface area contributed by atoms with Gasteiger partial charge in [-0.05, 0) is 19.8 Å². The minimum Gasteiger partial charge on any atom is -0.432 e. The van der Waals surface area contributed by atoms with Crippen LogP contribution in [0.15, 0.2) is 12.2 Å². The van der Waals surface area contributed by atoms with E-state index in [1.54, 1.807) is 6.92 Å². The Bertz CT molecular complexity index is 211. The van der Waals surface area contributed by atoms with Crippen LogP contribution in [-0.2, 0) is 14.3 Å². The fourth-order valence-corrected chi connectivity index (χ4v) is 1.21. The van der Waals surface area contributed by atoms with Crippen LogP contribution in [0.2, 0.25) is 0 Å². The molecule has 3 heteroatoms. The highest BCUT2D eigenvalue weighted by atomic mass is 16.7. The maximum absolute atomic E-state index is 11.3. The van der Waals surface area contributed by atoms with Gasteiger partial charge in [-0.2, -0.15) is 0 Å². The first-order valence-electron chi connectivity index (χ1n) is 6.09. The molecule has 0 aliphatic carbocycles. The number of rotatable bonds is 9. The van der Waals surface area contributed by atoms with Gasteiger partial charge in [0.2, 0.25) is 6.29 Å². The SMILES string of the molecule is C=C(C)C(=O)OC(CCCCC)OCCC. The molecule has 0 saturated heterocycles. The zero-order valence-electron chi connectivity index (χ0n) is 10.8. The van der Waals surface area contributed by atoms with Crippen LogP contribution in [0.25, 0.3) is 0 Å². The summed E-state index contributed by atoms with van der Waals surface area (Å²) in [5.74, 6) is -0.363. The zero-order chi connectivity index (χ0) is 12.4. The topological polar surface area (TPSA) is 35.5 Å². The minimum absolute atomic E-state index is 0.363. The van der Waals surface area contributed by atoms with Gasteiger partial charge < -0.3 is 9.47 Å². The Morgan fingerprint density at radius 2 is 1.94 bits per heavy atom. The van der Waals surface area contributed by atoms with E-state index < -0.39 is 6.29 Å². The van der Waals surface area contributed by atoms with E-state index in [1.165, 1.54) is 0 Å². The predicted molar refractivity (Wildman–Crippen MR) is 65.1 cm³/mol. The molecule has 0 bridgehead atoms. The average molecular weight is 228 g/mol. The molecule has 94 valence electrons. The molecule has 0 radical (unpaired) electrons. The monoisotopic (exact) mass is 228 g/mol. The summed E-state index contributed by atoms with van der Waals surface area (Å²) < 4.78 is 10.7. The van der Waals surface area contributed by atoms with E-state index in [2.05, 4.69) is 13.5 Å². The van der Waals surface area contributed by atoms with Crippen LogP contribution < -0.4 is 0 Å². The largest absolute Gasteiger partial charge is 0.432 e. The molecule has 0 aromatic carbocycles. The first-order valence-corrected chi connectivity index (χ1v) is 6.09. The fourth-order valence-electron chi connectivity index (χ4n) is 1.21. The second-order valence-corrected chi connectivity index (χ2v) is 3.98. The van der Waals surface area contributed by atoms with Crippen molar-refractivity contribution in [2.75, 3.05) is 6.61 Å². The van der Waals surface area contributed by atoms with E-state index in [9.17, 15) is 4.79 Å². The normalized spacial score (nSPS) is 12.2. The van der Waals surface area contributed by atoms with Crippen molar-refractivity contribution in [2.45, 2.75) is 59.2 Å². The molecule has 0 amide bonds. The Kier molecular flexibility index (Phi) is 8.91. The third kappa shape index (κ3) is 7.46. The van der Waals surface area contributed by atoms with E-state index in [0.717, 1.165) is 32.1 Å². The highest BCUT2D eigenvalue weighted by Crippen LogP contribution is 2.10. The maximum atomic E-state index is 11.3. The number of ether oxygens (including phenoxy) is 2. The summed E-state index contributed by atoms with van der Waals surface area (Å²) in [7, 11) is 0. The molecule has 1 atom stereocenters. The van der Waals surface area contributed by atoms with Gasteiger partial charge in [0.05, 0.1) is 6.61 Å². The summed E-state index contributed by atoms with van der Waals surface area (Å²) in [6.07, 6.45) is 4.59. The van der Waals surface area contributed by atoms with Gasteiger partial charge in [-0.25, -0.2) is 4.79 Å². The van der Waals surface area contributed by atoms with Crippen LogP contribution >= 0.6 is 0 Å². The Morgan fingerprint density at radius 3 is 2.44 bits per heavy atom. The van der Waals surface area contributed by atoms with E-state index in [-0.39, 0.29) is 5.97 Å². The van der Waals surface area contributed by atoms with Crippen LogP contribution in [0.5, 0.6) is 0 Å². The van der Waals surface area contributed by atoms with Crippen molar-refractivity contribution >= 4 is 5.97 Å². The molecule has 0 fully saturated rings. The Labute approximate surface area is 98.8 Å². The molecule has 3 nitrogen and oxygen atoms in total. The number of carbonyl (C=O) groups excluding carboxylic acids is 1. The molecule has 0 spiro atoms. The van der Waals surface area contributed by atoms with Crippen LogP contribution in [0.1, 0.15) is 52.9 Å². The second kappa shape index (κ2) is 9.40. The lowest BCUT2D eigenvalue weighted by atomic mass is 10.2. The van der Waals surface area contributed by atoms with Crippen molar-refractivity contribution in [2.24, 2.45) is 0 Å². The lowest BCUT2D eigenvalue weighted by Crippen LogP contribution is -2.22. The van der Waals surface area contributed by atoms with Crippen molar-refractivity contribution in [1.29, 1.82) is 0 Å². The molecule has 0 aromatic heterocycles. The number of hydrogen-bond acceptors (Lipinski definition) is 3.